The van der Waals surface area contributed by atoms with E-state index in [9.17, 15) is 4.79 Å². The Kier molecular flexibility index (Phi) is 4.10. The topological polar surface area (TPSA) is 85.8 Å². The number of hydrogen-bond donors (Lipinski definition) is 1. The number of amides is 1. The number of aromatic nitrogens is 4. The number of nitrogens with one attached hydrogen (secondary N) is 1. The molecule has 5 rings (SSSR count). The fourth-order valence-electron chi connectivity index (χ4n) is 3.11. The minimum Gasteiger partial charge on any atom is -0.463 e. The van der Waals surface area contributed by atoms with Crippen molar-refractivity contribution in [1.82, 2.24) is 19.7 Å². The molecule has 0 radical (unpaired) electrons. The van der Waals surface area contributed by atoms with Crippen LogP contribution in [0.15, 0.2) is 89.9 Å². The monoisotopic (exact) mass is 381 g/mol. The predicted octanol–water partition coefficient (Wildman–Crippen LogP) is 4.33. The standard InChI is InChI=1S/C22H15N5O2/c28-22(25-15-8-9-21(23-14-15)27-11-4-10-24-27)17-13-19(20-7-3-12-29-20)26-18-6-2-1-5-16(17)18/h1-14H,(H,25,28). The van der Waals surface area contributed by atoms with E-state index in [0.717, 1.165) is 10.9 Å². The zero-order valence-electron chi connectivity index (χ0n) is 15.2. The molecule has 29 heavy (non-hydrogen) atoms. The number of carbonyl (C=O) groups is 1. The summed E-state index contributed by atoms with van der Waals surface area (Å²) in [6, 6.07) is 18.3. The molecular formula is C22H15N5O2. The first kappa shape index (κ1) is 16.9. The van der Waals surface area contributed by atoms with E-state index < -0.39 is 0 Å². The zero-order valence-corrected chi connectivity index (χ0v) is 15.2. The Balaban J connectivity index is 1.49. The largest absolute Gasteiger partial charge is 0.463 e. The minimum atomic E-state index is -0.245. The molecule has 5 aromatic rings. The molecule has 4 heterocycles. The molecule has 1 amide bonds. The van der Waals surface area contributed by atoms with Crippen LogP contribution in [0.3, 0.4) is 0 Å². The fourth-order valence-corrected chi connectivity index (χ4v) is 3.11. The van der Waals surface area contributed by atoms with Crippen LogP contribution in [-0.4, -0.2) is 25.7 Å². The first-order valence-corrected chi connectivity index (χ1v) is 8.99. The molecule has 7 nitrogen and oxygen atoms in total. The van der Waals surface area contributed by atoms with Gasteiger partial charge >= 0.3 is 0 Å². The summed E-state index contributed by atoms with van der Waals surface area (Å²) in [6.07, 6.45) is 6.67. The molecule has 0 spiro atoms. The van der Waals surface area contributed by atoms with Crippen LogP contribution >= 0.6 is 0 Å². The molecular weight excluding hydrogens is 366 g/mol. The Hall–Kier alpha value is -4.26. The maximum Gasteiger partial charge on any atom is 0.256 e. The molecule has 7 heteroatoms. The van der Waals surface area contributed by atoms with Crippen LogP contribution in [0.4, 0.5) is 5.69 Å². The molecule has 0 unspecified atom stereocenters. The molecule has 0 aliphatic carbocycles. The first-order chi connectivity index (χ1) is 14.3. The fraction of sp³-hybridized carbons (Fsp3) is 0. The van der Waals surface area contributed by atoms with Gasteiger partial charge in [0.25, 0.3) is 5.91 Å². The molecule has 140 valence electrons. The number of hydrogen-bond acceptors (Lipinski definition) is 5. The van der Waals surface area contributed by atoms with Crippen LogP contribution in [-0.2, 0) is 0 Å². The number of fused-ring (bicyclic) bond motifs is 1. The van der Waals surface area contributed by atoms with Crippen LogP contribution in [0.25, 0.3) is 28.2 Å². The van der Waals surface area contributed by atoms with Crippen molar-refractivity contribution in [1.29, 1.82) is 0 Å². The predicted molar refractivity (Wildman–Crippen MR) is 109 cm³/mol. The zero-order chi connectivity index (χ0) is 19.6. The van der Waals surface area contributed by atoms with E-state index in [1.165, 1.54) is 0 Å². The van der Waals surface area contributed by atoms with E-state index in [4.69, 9.17) is 4.42 Å². The van der Waals surface area contributed by atoms with E-state index in [0.29, 0.717) is 28.5 Å². The third-order valence-corrected chi connectivity index (χ3v) is 4.48. The highest BCUT2D eigenvalue weighted by atomic mass is 16.3. The molecule has 0 bridgehead atoms. The van der Waals surface area contributed by atoms with Gasteiger partial charge < -0.3 is 9.73 Å². The number of para-hydroxylation sites is 1. The van der Waals surface area contributed by atoms with Crippen molar-refractivity contribution in [3.63, 3.8) is 0 Å². The lowest BCUT2D eigenvalue weighted by Crippen LogP contribution is -2.13. The van der Waals surface area contributed by atoms with Crippen LogP contribution in [0.5, 0.6) is 0 Å². The molecule has 0 aliphatic heterocycles. The number of furan rings is 1. The van der Waals surface area contributed by atoms with Crippen molar-refractivity contribution < 1.29 is 9.21 Å². The average Bonchev–Trinajstić information content (AvgIpc) is 3.48. The summed E-state index contributed by atoms with van der Waals surface area (Å²) in [6.45, 7) is 0. The van der Waals surface area contributed by atoms with Gasteiger partial charge in [-0.1, -0.05) is 18.2 Å². The van der Waals surface area contributed by atoms with Gasteiger partial charge in [-0.25, -0.2) is 14.6 Å². The third kappa shape index (κ3) is 3.25. The lowest BCUT2D eigenvalue weighted by Gasteiger charge is -2.10. The Morgan fingerprint density at radius 2 is 1.97 bits per heavy atom. The van der Waals surface area contributed by atoms with Crippen molar-refractivity contribution >= 4 is 22.5 Å². The Labute approximate surface area is 165 Å². The number of benzene rings is 1. The lowest BCUT2D eigenvalue weighted by atomic mass is 10.1. The Morgan fingerprint density at radius 1 is 1.03 bits per heavy atom. The van der Waals surface area contributed by atoms with Gasteiger partial charge in [0.2, 0.25) is 0 Å². The van der Waals surface area contributed by atoms with Gasteiger partial charge in [0.15, 0.2) is 11.6 Å². The summed E-state index contributed by atoms with van der Waals surface area (Å²) < 4.78 is 7.11. The van der Waals surface area contributed by atoms with E-state index in [1.54, 1.807) is 53.8 Å². The van der Waals surface area contributed by atoms with Gasteiger partial charge in [0.1, 0.15) is 5.69 Å². The number of carbonyl (C=O) groups excluding carboxylic acids is 1. The van der Waals surface area contributed by atoms with Crippen molar-refractivity contribution in [3.05, 3.63) is 91.1 Å². The first-order valence-electron chi connectivity index (χ1n) is 8.99. The van der Waals surface area contributed by atoms with E-state index in [1.807, 2.05) is 36.4 Å². The van der Waals surface area contributed by atoms with Crippen LogP contribution in [0.1, 0.15) is 10.4 Å². The van der Waals surface area contributed by atoms with E-state index in [-0.39, 0.29) is 5.91 Å². The number of nitrogens with zero attached hydrogens (tertiary/aromatic N) is 4. The summed E-state index contributed by atoms with van der Waals surface area (Å²) in [5.74, 6) is 1.03. The van der Waals surface area contributed by atoms with Crippen molar-refractivity contribution in [2.45, 2.75) is 0 Å². The van der Waals surface area contributed by atoms with Crippen molar-refractivity contribution in [2.75, 3.05) is 5.32 Å². The normalized spacial score (nSPS) is 10.9. The van der Waals surface area contributed by atoms with Gasteiger partial charge in [0.05, 0.1) is 29.2 Å². The number of anilines is 1. The highest BCUT2D eigenvalue weighted by molar-refractivity contribution is 6.13. The van der Waals surface area contributed by atoms with Gasteiger partial charge in [-0.15, -0.1) is 0 Å². The third-order valence-electron chi connectivity index (χ3n) is 4.48. The van der Waals surface area contributed by atoms with Crippen LogP contribution in [0.2, 0.25) is 0 Å². The number of pyridine rings is 2. The highest BCUT2D eigenvalue weighted by Gasteiger charge is 2.15. The highest BCUT2D eigenvalue weighted by Crippen LogP contribution is 2.26. The molecule has 1 N–H and O–H groups in total. The minimum absolute atomic E-state index is 0.245. The van der Waals surface area contributed by atoms with E-state index in [2.05, 4.69) is 20.4 Å². The quantitative estimate of drug-likeness (QED) is 0.501. The molecule has 0 saturated carbocycles. The Bertz CT molecular complexity index is 1280. The molecule has 4 aromatic heterocycles. The summed E-state index contributed by atoms with van der Waals surface area (Å²) in [5.41, 5.74) is 2.43. The summed E-state index contributed by atoms with van der Waals surface area (Å²) in [5, 5.41) is 7.81. The SMILES string of the molecule is O=C(Nc1ccc(-n2cccn2)nc1)c1cc(-c2ccco2)nc2ccccc12. The maximum absolute atomic E-state index is 13.0. The van der Waals surface area contributed by atoms with Crippen molar-refractivity contribution in [3.8, 4) is 17.3 Å². The second-order valence-electron chi connectivity index (χ2n) is 6.36. The van der Waals surface area contributed by atoms with Gasteiger partial charge in [0, 0.05) is 17.8 Å². The summed E-state index contributed by atoms with van der Waals surface area (Å²) in [7, 11) is 0. The molecule has 1 aromatic carbocycles. The molecule has 0 aliphatic rings. The smallest absolute Gasteiger partial charge is 0.256 e. The van der Waals surface area contributed by atoms with E-state index >= 15 is 0 Å². The second-order valence-corrected chi connectivity index (χ2v) is 6.36. The molecule has 0 saturated heterocycles. The van der Waals surface area contributed by atoms with Crippen LogP contribution in [0, 0.1) is 0 Å². The maximum atomic E-state index is 13.0. The average molecular weight is 381 g/mol. The van der Waals surface area contributed by atoms with Gasteiger partial charge in [-0.2, -0.15) is 5.10 Å². The van der Waals surface area contributed by atoms with Crippen molar-refractivity contribution in [2.24, 2.45) is 0 Å². The lowest BCUT2D eigenvalue weighted by molar-refractivity contribution is 0.102. The van der Waals surface area contributed by atoms with Crippen LogP contribution < -0.4 is 5.32 Å². The van der Waals surface area contributed by atoms with Gasteiger partial charge in [-0.3, -0.25) is 4.79 Å². The molecule has 0 atom stereocenters. The van der Waals surface area contributed by atoms with Gasteiger partial charge in [-0.05, 0) is 42.5 Å². The molecule has 0 fully saturated rings. The number of rotatable bonds is 4. The summed E-state index contributed by atoms with van der Waals surface area (Å²) >= 11 is 0. The Morgan fingerprint density at radius 3 is 2.72 bits per heavy atom. The second kappa shape index (κ2) is 7.05. The summed E-state index contributed by atoms with van der Waals surface area (Å²) in [4.78, 5) is 22.0.